The van der Waals surface area contributed by atoms with Crippen LogP contribution >= 0.6 is 0 Å². The molecule has 0 spiro atoms. The zero-order chi connectivity index (χ0) is 18.1. The Morgan fingerprint density at radius 3 is 1.96 bits per heavy atom. The number of carboxylic acids is 3. The first-order chi connectivity index (χ1) is 11.3. The van der Waals surface area contributed by atoms with Crippen LogP contribution in [0.25, 0.3) is 0 Å². The Balaban J connectivity index is 2.71. The largest absolute Gasteiger partial charge is 0.549 e. The lowest BCUT2D eigenvalue weighted by Gasteiger charge is -2.28. The molecule has 0 saturated carbocycles. The van der Waals surface area contributed by atoms with Crippen molar-refractivity contribution in [3.05, 3.63) is 29.6 Å². The molecule has 0 aliphatic rings. The van der Waals surface area contributed by atoms with Gasteiger partial charge in [-0.05, 0) is 24.6 Å². The molecule has 0 amide bonds. The number of pyridine rings is 1. The molecule has 0 aromatic carbocycles. The fourth-order valence-corrected chi connectivity index (χ4v) is 2.17. The molecule has 0 N–H and O–H groups in total. The molecule has 0 aliphatic heterocycles. The number of aromatic nitrogens is 1. The molecular formula is C15H18N3O6-3. The number of hydrogen-bond acceptors (Lipinski definition) is 9. The molecule has 0 atom stereocenters. The van der Waals surface area contributed by atoms with Gasteiger partial charge in [0, 0.05) is 45.5 Å². The van der Waals surface area contributed by atoms with E-state index >= 15 is 0 Å². The summed E-state index contributed by atoms with van der Waals surface area (Å²) < 4.78 is 0. The lowest BCUT2D eigenvalue weighted by molar-refractivity contribution is -0.311. The molecule has 1 heterocycles. The molecule has 0 aliphatic carbocycles. The van der Waals surface area contributed by atoms with E-state index < -0.39 is 31.0 Å². The SMILES string of the molecule is Cc1ccnc(CN(CCN(CC(=O)[O-])CC(=O)[O-])CC(=O)[O-])c1. The van der Waals surface area contributed by atoms with Crippen LogP contribution in [-0.2, 0) is 20.9 Å². The van der Waals surface area contributed by atoms with Crippen LogP contribution in [0.5, 0.6) is 0 Å². The summed E-state index contributed by atoms with van der Waals surface area (Å²) in [5, 5.41) is 32.2. The number of carbonyl (C=O) groups is 3. The summed E-state index contributed by atoms with van der Waals surface area (Å²) in [5.74, 6) is -4.15. The molecule has 1 rings (SSSR count). The van der Waals surface area contributed by atoms with Crippen LogP contribution in [0.1, 0.15) is 11.3 Å². The number of aryl methyl sites for hydroxylation is 1. The Labute approximate surface area is 139 Å². The van der Waals surface area contributed by atoms with E-state index in [2.05, 4.69) is 4.98 Å². The minimum Gasteiger partial charge on any atom is -0.549 e. The number of rotatable bonds is 11. The molecule has 0 unspecified atom stereocenters. The van der Waals surface area contributed by atoms with Crippen molar-refractivity contribution in [2.75, 3.05) is 32.7 Å². The van der Waals surface area contributed by atoms with E-state index in [0.717, 1.165) is 10.5 Å². The third kappa shape index (κ3) is 8.20. The zero-order valence-corrected chi connectivity index (χ0v) is 13.3. The topological polar surface area (TPSA) is 140 Å². The van der Waals surface area contributed by atoms with E-state index in [9.17, 15) is 29.7 Å². The lowest BCUT2D eigenvalue weighted by atomic mass is 10.2. The average molecular weight is 336 g/mol. The third-order valence-corrected chi connectivity index (χ3v) is 3.15. The summed E-state index contributed by atoms with van der Waals surface area (Å²) in [4.78, 5) is 38.9. The van der Waals surface area contributed by atoms with Gasteiger partial charge < -0.3 is 29.7 Å². The highest BCUT2D eigenvalue weighted by Gasteiger charge is 2.12. The minimum absolute atomic E-state index is 0.0149. The summed E-state index contributed by atoms with van der Waals surface area (Å²) in [6.07, 6.45) is 1.60. The standard InChI is InChI=1S/C15H21N3O6/c1-11-2-3-16-12(6-11)7-17(8-13(19)20)4-5-18(9-14(21)22)10-15(23)24/h2-3,6H,4-5,7-10H2,1H3,(H,19,20)(H,21,22)(H,23,24)/p-3. The van der Waals surface area contributed by atoms with E-state index in [4.69, 9.17) is 0 Å². The van der Waals surface area contributed by atoms with Crippen molar-refractivity contribution in [1.82, 2.24) is 14.8 Å². The predicted octanol–water partition coefficient (Wildman–Crippen LogP) is -4.26. The first-order valence-electron chi connectivity index (χ1n) is 7.22. The fourth-order valence-electron chi connectivity index (χ4n) is 2.17. The van der Waals surface area contributed by atoms with Crippen molar-refractivity contribution in [3.63, 3.8) is 0 Å². The average Bonchev–Trinajstić information content (AvgIpc) is 2.42. The van der Waals surface area contributed by atoms with Gasteiger partial charge in [-0.15, -0.1) is 0 Å². The number of carbonyl (C=O) groups excluding carboxylic acids is 3. The Kier molecular flexibility index (Phi) is 7.80. The molecule has 9 heteroatoms. The first-order valence-corrected chi connectivity index (χ1v) is 7.22. The van der Waals surface area contributed by atoms with E-state index in [1.54, 1.807) is 18.3 Å². The zero-order valence-electron chi connectivity index (χ0n) is 13.3. The van der Waals surface area contributed by atoms with Crippen molar-refractivity contribution in [2.45, 2.75) is 13.5 Å². The second kappa shape index (κ2) is 9.58. The molecule has 1 aromatic heterocycles. The van der Waals surface area contributed by atoms with Crippen molar-refractivity contribution in [2.24, 2.45) is 0 Å². The summed E-state index contributed by atoms with van der Waals surface area (Å²) in [6, 6.07) is 3.59. The summed E-state index contributed by atoms with van der Waals surface area (Å²) in [7, 11) is 0. The summed E-state index contributed by atoms with van der Waals surface area (Å²) >= 11 is 0. The van der Waals surface area contributed by atoms with E-state index in [0.29, 0.717) is 5.69 Å². The fraction of sp³-hybridized carbons (Fsp3) is 0.467. The molecule has 24 heavy (non-hydrogen) atoms. The second-order valence-electron chi connectivity index (χ2n) is 5.36. The van der Waals surface area contributed by atoms with Gasteiger partial charge >= 0.3 is 0 Å². The van der Waals surface area contributed by atoms with E-state index in [-0.39, 0.29) is 26.2 Å². The van der Waals surface area contributed by atoms with Gasteiger partial charge in [0.15, 0.2) is 0 Å². The minimum atomic E-state index is -1.43. The van der Waals surface area contributed by atoms with Crippen LogP contribution in [0.4, 0.5) is 0 Å². The molecule has 9 nitrogen and oxygen atoms in total. The van der Waals surface area contributed by atoms with Gasteiger partial charge in [-0.3, -0.25) is 14.8 Å². The first kappa shape index (κ1) is 19.5. The Morgan fingerprint density at radius 1 is 0.958 bits per heavy atom. The third-order valence-electron chi connectivity index (χ3n) is 3.15. The molecule has 0 radical (unpaired) electrons. The summed E-state index contributed by atoms with van der Waals surface area (Å²) in [5.41, 5.74) is 1.60. The summed E-state index contributed by atoms with van der Waals surface area (Å²) in [6.45, 7) is 0.646. The maximum Gasteiger partial charge on any atom is 0.0555 e. The predicted molar refractivity (Wildman–Crippen MR) is 75.7 cm³/mol. The van der Waals surface area contributed by atoms with Crippen LogP contribution in [-0.4, -0.2) is 65.4 Å². The normalized spacial score (nSPS) is 11.0. The van der Waals surface area contributed by atoms with Gasteiger partial charge in [0.2, 0.25) is 0 Å². The number of carboxylic acid groups (broad SMARTS) is 3. The van der Waals surface area contributed by atoms with Crippen molar-refractivity contribution in [3.8, 4) is 0 Å². The highest BCUT2D eigenvalue weighted by molar-refractivity contribution is 5.70. The van der Waals surface area contributed by atoms with Crippen LogP contribution in [0.2, 0.25) is 0 Å². The van der Waals surface area contributed by atoms with E-state index in [1.165, 1.54) is 4.90 Å². The van der Waals surface area contributed by atoms with Gasteiger partial charge in [-0.1, -0.05) is 0 Å². The van der Waals surface area contributed by atoms with Crippen molar-refractivity contribution < 1.29 is 29.7 Å². The molecule has 0 bridgehead atoms. The molecule has 0 saturated heterocycles. The van der Waals surface area contributed by atoms with Gasteiger partial charge in [0.05, 0.1) is 23.6 Å². The lowest BCUT2D eigenvalue weighted by Crippen LogP contribution is -2.48. The van der Waals surface area contributed by atoms with Crippen LogP contribution in [0.15, 0.2) is 18.3 Å². The maximum absolute atomic E-state index is 10.9. The van der Waals surface area contributed by atoms with Gasteiger partial charge in [-0.25, -0.2) is 0 Å². The van der Waals surface area contributed by atoms with Crippen LogP contribution < -0.4 is 15.3 Å². The maximum atomic E-state index is 10.9. The number of nitrogens with zero attached hydrogens (tertiary/aromatic N) is 3. The van der Waals surface area contributed by atoms with Crippen molar-refractivity contribution >= 4 is 17.9 Å². The Bertz CT molecular complexity index is 576. The second-order valence-corrected chi connectivity index (χ2v) is 5.36. The Morgan fingerprint density at radius 2 is 1.46 bits per heavy atom. The number of hydrogen-bond donors (Lipinski definition) is 0. The Hall–Kier alpha value is -2.52. The quantitative estimate of drug-likeness (QED) is 0.393. The van der Waals surface area contributed by atoms with E-state index in [1.807, 2.05) is 6.92 Å². The van der Waals surface area contributed by atoms with Crippen LogP contribution in [0.3, 0.4) is 0 Å². The highest BCUT2D eigenvalue weighted by atomic mass is 16.4. The molecule has 1 aromatic rings. The van der Waals surface area contributed by atoms with Crippen molar-refractivity contribution in [1.29, 1.82) is 0 Å². The molecular weight excluding hydrogens is 318 g/mol. The van der Waals surface area contributed by atoms with Crippen LogP contribution in [0, 0.1) is 6.92 Å². The monoisotopic (exact) mass is 336 g/mol. The number of aliphatic carboxylic acids is 3. The van der Waals surface area contributed by atoms with Gasteiger partial charge in [-0.2, -0.15) is 0 Å². The molecule has 132 valence electrons. The van der Waals surface area contributed by atoms with Gasteiger partial charge in [0.25, 0.3) is 0 Å². The van der Waals surface area contributed by atoms with Gasteiger partial charge in [0.1, 0.15) is 0 Å². The molecule has 0 fully saturated rings. The smallest absolute Gasteiger partial charge is 0.0555 e. The highest BCUT2D eigenvalue weighted by Crippen LogP contribution is 2.04.